The third-order valence-electron chi connectivity index (χ3n) is 3.54. The Labute approximate surface area is 127 Å². The molecular formula is C15H16ClFN4. The van der Waals surface area contributed by atoms with Crippen LogP contribution < -0.4 is 0 Å². The minimum absolute atomic E-state index is 0.129. The molecule has 4 nitrogen and oxygen atoms in total. The van der Waals surface area contributed by atoms with Gasteiger partial charge in [0.05, 0.1) is 17.9 Å². The Kier molecular flexibility index (Phi) is 3.92. The number of benzene rings is 1. The molecule has 3 aromatic rings. The summed E-state index contributed by atoms with van der Waals surface area (Å²) in [6, 6.07) is 5.17. The van der Waals surface area contributed by atoms with Crippen LogP contribution in [-0.2, 0) is 13.0 Å². The maximum atomic E-state index is 13.9. The second-order valence-electron chi connectivity index (χ2n) is 5.05. The molecule has 110 valence electrons. The summed E-state index contributed by atoms with van der Waals surface area (Å²) in [5.41, 5.74) is 1.22. The van der Waals surface area contributed by atoms with Crippen LogP contribution in [0.1, 0.15) is 18.8 Å². The van der Waals surface area contributed by atoms with E-state index < -0.39 is 0 Å². The van der Waals surface area contributed by atoms with Crippen LogP contribution in [0.3, 0.4) is 0 Å². The first kappa shape index (κ1) is 14.1. The average molecular weight is 307 g/mol. The fourth-order valence-corrected chi connectivity index (χ4v) is 2.83. The number of aromatic nitrogens is 4. The molecule has 0 spiro atoms. The molecular weight excluding hydrogens is 291 g/mol. The highest BCUT2D eigenvalue weighted by atomic mass is 35.5. The van der Waals surface area contributed by atoms with E-state index in [1.807, 2.05) is 16.8 Å². The number of hydrogen-bond acceptors (Lipinski definition) is 2. The first-order valence-electron chi connectivity index (χ1n) is 6.87. The van der Waals surface area contributed by atoms with Gasteiger partial charge in [-0.2, -0.15) is 0 Å². The molecule has 1 aromatic carbocycles. The number of halogens is 2. The first-order valence-corrected chi connectivity index (χ1v) is 7.41. The minimum Gasteiger partial charge on any atom is -0.335 e. The van der Waals surface area contributed by atoms with Crippen molar-refractivity contribution in [1.29, 1.82) is 0 Å². The summed E-state index contributed by atoms with van der Waals surface area (Å²) in [4.78, 5) is 8.48. The first-order chi connectivity index (χ1) is 10.2. The quantitative estimate of drug-likeness (QED) is 0.677. The van der Waals surface area contributed by atoms with Crippen molar-refractivity contribution in [3.05, 3.63) is 48.6 Å². The Balaban J connectivity index is 2.06. The van der Waals surface area contributed by atoms with E-state index in [4.69, 9.17) is 11.6 Å². The molecule has 0 N–H and O–H groups in total. The zero-order valence-electron chi connectivity index (χ0n) is 11.7. The van der Waals surface area contributed by atoms with E-state index in [2.05, 4.69) is 21.5 Å². The average Bonchev–Trinajstić information content (AvgIpc) is 3.07. The second kappa shape index (κ2) is 5.85. The van der Waals surface area contributed by atoms with Gasteiger partial charge in [0.1, 0.15) is 11.3 Å². The van der Waals surface area contributed by atoms with Gasteiger partial charge in [-0.1, -0.05) is 6.07 Å². The molecule has 0 aliphatic carbocycles. The lowest BCUT2D eigenvalue weighted by Crippen LogP contribution is -2.15. The fraction of sp³-hybridized carbons (Fsp3) is 0.333. The molecule has 0 fully saturated rings. The van der Waals surface area contributed by atoms with Crippen LogP contribution in [0.15, 0.2) is 36.9 Å². The van der Waals surface area contributed by atoms with Crippen LogP contribution in [0.4, 0.5) is 4.39 Å². The molecule has 0 bridgehead atoms. The molecule has 0 saturated heterocycles. The van der Waals surface area contributed by atoms with Gasteiger partial charge in [0.25, 0.3) is 0 Å². The van der Waals surface area contributed by atoms with E-state index in [9.17, 15) is 4.39 Å². The minimum atomic E-state index is -0.295. The van der Waals surface area contributed by atoms with Crippen LogP contribution in [-0.4, -0.2) is 25.0 Å². The number of fused-ring (bicyclic) bond motifs is 1. The van der Waals surface area contributed by atoms with Gasteiger partial charge in [0, 0.05) is 31.2 Å². The van der Waals surface area contributed by atoms with Gasteiger partial charge in [-0.15, -0.1) is 11.6 Å². The molecule has 3 rings (SSSR count). The van der Waals surface area contributed by atoms with Crippen LogP contribution in [0, 0.1) is 5.82 Å². The second-order valence-corrected chi connectivity index (χ2v) is 5.43. The Morgan fingerprint density at radius 3 is 2.95 bits per heavy atom. The van der Waals surface area contributed by atoms with Crippen LogP contribution in [0.2, 0.25) is 0 Å². The standard InChI is InChI=1S/C15H16ClFN4/c1-11(9-20-8-7-18-10-20)21-13-4-2-3-12(17)15(13)19-14(21)5-6-16/h2-4,7-8,10-11H,5-6,9H2,1H3. The SMILES string of the molecule is CC(Cn1ccnc1)n1c(CCCl)nc2c(F)cccc21. The number of hydrogen-bond donors (Lipinski definition) is 0. The Morgan fingerprint density at radius 2 is 2.24 bits per heavy atom. The third kappa shape index (κ3) is 2.65. The summed E-state index contributed by atoms with van der Waals surface area (Å²) in [5.74, 6) is 0.984. The molecule has 2 aromatic heterocycles. The van der Waals surface area contributed by atoms with Gasteiger partial charge in [-0.3, -0.25) is 0 Å². The highest BCUT2D eigenvalue weighted by Crippen LogP contribution is 2.24. The van der Waals surface area contributed by atoms with E-state index >= 15 is 0 Å². The van der Waals surface area contributed by atoms with E-state index in [0.29, 0.717) is 17.8 Å². The number of rotatable bonds is 5. The van der Waals surface area contributed by atoms with E-state index in [0.717, 1.165) is 17.9 Å². The molecule has 0 aliphatic heterocycles. The van der Waals surface area contributed by atoms with E-state index in [-0.39, 0.29) is 11.9 Å². The molecule has 6 heteroatoms. The van der Waals surface area contributed by atoms with Gasteiger partial charge in [-0.05, 0) is 19.1 Å². The molecule has 2 heterocycles. The van der Waals surface area contributed by atoms with Crippen molar-refractivity contribution in [2.24, 2.45) is 0 Å². The lowest BCUT2D eigenvalue weighted by Gasteiger charge is -2.18. The monoisotopic (exact) mass is 306 g/mol. The number of imidazole rings is 2. The summed E-state index contributed by atoms with van der Waals surface area (Å²) in [5, 5.41) is 0. The molecule has 1 atom stereocenters. The van der Waals surface area contributed by atoms with Crippen molar-refractivity contribution in [3.8, 4) is 0 Å². The maximum Gasteiger partial charge on any atom is 0.151 e. The van der Waals surface area contributed by atoms with Crippen molar-refractivity contribution in [1.82, 2.24) is 19.1 Å². The molecule has 21 heavy (non-hydrogen) atoms. The van der Waals surface area contributed by atoms with Crippen LogP contribution in [0.25, 0.3) is 11.0 Å². The highest BCUT2D eigenvalue weighted by molar-refractivity contribution is 6.17. The van der Waals surface area contributed by atoms with Crippen molar-refractivity contribution in [3.63, 3.8) is 0 Å². The maximum absolute atomic E-state index is 13.9. The zero-order valence-corrected chi connectivity index (χ0v) is 12.5. The van der Waals surface area contributed by atoms with Crippen LogP contribution >= 0.6 is 11.6 Å². The zero-order chi connectivity index (χ0) is 14.8. The van der Waals surface area contributed by atoms with Gasteiger partial charge >= 0.3 is 0 Å². The summed E-state index contributed by atoms with van der Waals surface area (Å²) in [6.07, 6.45) is 6.05. The highest BCUT2D eigenvalue weighted by Gasteiger charge is 2.17. The fourth-order valence-electron chi connectivity index (χ4n) is 2.67. The summed E-state index contributed by atoms with van der Waals surface area (Å²) in [7, 11) is 0. The lowest BCUT2D eigenvalue weighted by atomic mass is 10.2. The predicted octanol–water partition coefficient (Wildman–Crippen LogP) is 3.41. The largest absolute Gasteiger partial charge is 0.335 e. The van der Waals surface area contributed by atoms with Crippen LogP contribution in [0.5, 0.6) is 0 Å². The van der Waals surface area contributed by atoms with Gasteiger partial charge in [-0.25, -0.2) is 14.4 Å². The molecule has 1 unspecified atom stereocenters. The van der Waals surface area contributed by atoms with Gasteiger partial charge < -0.3 is 9.13 Å². The van der Waals surface area contributed by atoms with Crippen molar-refractivity contribution >= 4 is 22.6 Å². The molecule has 0 radical (unpaired) electrons. The molecule has 0 amide bonds. The van der Waals surface area contributed by atoms with Crippen molar-refractivity contribution < 1.29 is 4.39 Å². The number of nitrogens with zero attached hydrogens (tertiary/aromatic N) is 4. The summed E-state index contributed by atoms with van der Waals surface area (Å²) in [6.45, 7) is 2.83. The number of aryl methyl sites for hydroxylation is 1. The van der Waals surface area contributed by atoms with Gasteiger partial charge in [0.15, 0.2) is 5.82 Å². The Bertz CT molecular complexity index is 736. The summed E-state index contributed by atoms with van der Waals surface area (Å²) < 4.78 is 18.0. The third-order valence-corrected chi connectivity index (χ3v) is 3.73. The Hall–Kier alpha value is -1.88. The normalized spacial score (nSPS) is 12.9. The smallest absolute Gasteiger partial charge is 0.151 e. The van der Waals surface area contributed by atoms with Crippen molar-refractivity contribution in [2.75, 3.05) is 5.88 Å². The Morgan fingerprint density at radius 1 is 1.38 bits per heavy atom. The number of alkyl halides is 1. The van der Waals surface area contributed by atoms with E-state index in [1.165, 1.54) is 6.07 Å². The van der Waals surface area contributed by atoms with E-state index in [1.54, 1.807) is 18.6 Å². The molecule has 0 aliphatic rings. The van der Waals surface area contributed by atoms with Gasteiger partial charge in [0.2, 0.25) is 0 Å². The number of para-hydroxylation sites is 1. The molecule has 0 saturated carbocycles. The van der Waals surface area contributed by atoms with Crippen molar-refractivity contribution in [2.45, 2.75) is 25.9 Å². The topological polar surface area (TPSA) is 35.6 Å². The predicted molar refractivity (Wildman–Crippen MR) is 81.1 cm³/mol. The lowest BCUT2D eigenvalue weighted by molar-refractivity contribution is 0.461. The summed E-state index contributed by atoms with van der Waals surface area (Å²) >= 11 is 5.86.